The lowest BCUT2D eigenvalue weighted by Crippen LogP contribution is -2.32. The molecule has 4 heteroatoms. The highest BCUT2D eigenvalue weighted by Crippen LogP contribution is 2.15. The maximum Gasteiger partial charge on any atom is 0.232 e. The Bertz CT molecular complexity index is 560. The van der Waals surface area contributed by atoms with E-state index >= 15 is 0 Å². The van der Waals surface area contributed by atoms with E-state index in [9.17, 15) is 4.79 Å². The molecule has 0 aliphatic carbocycles. The van der Waals surface area contributed by atoms with E-state index in [1.54, 1.807) is 9.58 Å². The number of carbonyl (C=O) groups is 1. The van der Waals surface area contributed by atoms with E-state index in [-0.39, 0.29) is 5.91 Å². The summed E-state index contributed by atoms with van der Waals surface area (Å²) in [7, 11) is 1.87. The van der Waals surface area contributed by atoms with Gasteiger partial charge in [-0.1, -0.05) is 18.2 Å². The summed E-state index contributed by atoms with van der Waals surface area (Å²) in [6.07, 6.45) is 0.375. The number of aryl methyl sites for hydroxylation is 2. The molecule has 0 saturated carbocycles. The number of likely N-dealkylation sites (N-methyl/N-ethyl adjacent to an activating group) is 1. The number of para-hydroxylation sites is 1. The zero-order valence-electron chi connectivity index (χ0n) is 11.6. The second-order valence-electron chi connectivity index (χ2n) is 4.55. The highest BCUT2D eigenvalue weighted by atomic mass is 16.2. The summed E-state index contributed by atoms with van der Waals surface area (Å²) in [5.74, 6) is 0.0942. The molecule has 0 saturated heterocycles. The Labute approximate surface area is 113 Å². The Morgan fingerprint density at radius 2 is 2.00 bits per heavy atom. The third-order valence-corrected chi connectivity index (χ3v) is 3.12. The number of anilines is 1. The summed E-state index contributed by atoms with van der Waals surface area (Å²) < 4.78 is 1.77. The zero-order valence-corrected chi connectivity index (χ0v) is 11.6. The molecule has 1 aromatic carbocycles. The van der Waals surface area contributed by atoms with Crippen LogP contribution < -0.4 is 4.90 Å². The maximum absolute atomic E-state index is 12.4. The van der Waals surface area contributed by atoms with Gasteiger partial charge >= 0.3 is 0 Å². The van der Waals surface area contributed by atoms with Crippen LogP contribution in [0.2, 0.25) is 0 Å². The van der Waals surface area contributed by atoms with Gasteiger partial charge < -0.3 is 4.90 Å². The topological polar surface area (TPSA) is 38.1 Å². The van der Waals surface area contributed by atoms with E-state index in [2.05, 4.69) is 5.10 Å². The molecular formula is C15H19N3O. The Balaban J connectivity index is 2.16. The van der Waals surface area contributed by atoms with Crippen LogP contribution in [0.5, 0.6) is 0 Å². The van der Waals surface area contributed by atoms with Gasteiger partial charge in [0.25, 0.3) is 0 Å². The quantitative estimate of drug-likeness (QED) is 0.843. The number of carbonyl (C=O) groups excluding carboxylic acids is 1. The number of aromatic nitrogens is 2. The third kappa shape index (κ3) is 3.02. The van der Waals surface area contributed by atoms with Crippen molar-refractivity contribution >= 4 is 11.6 Å². The average molecular weight is 257 g/mol. The molecule has 0 unspecified atom stereocenters. The van der Waals surface area contributed by atoms with Crippen molar-refractivity contribution in [2.75, 3.05) is 11.4 Å². The summed E-state index contributed by atoms with van der Waals surface area (Å²) in [5.41, 5.74) is 2.82. The molecule has 0 atom stereocenters. The largest absolute Gasteiger partial charge is 0.312 e. The molecule has 19 heavy (non-hydrogen) atoms. The van der Waals surface area contributed by atoms with Gasteiger partial charge in [0.2, 0.25) is 5.91 Å². The number of rotatable bonds is 4. The summed E-state index contributed by atoms with van der Waals surface area (Å²) >= 11 is 0. The fraction of sp³-hybridized carbons (Fsp3) is 0.333. The van der Waals surface area contributed by atoms with Crippen LogP contribution in [0.1, 0.15) is 18.3 Å². The molecule has 0 bridgehead atoms. The monoisotopic (exact) mass is 257 g/mol. The molecular weight excluding hydrogens is 238 g/mol. The van der Waals surface area contributed by atoms with Crippen LogP contribution in [0, 0.1) is 6.92 Å². The van der Waals surface area contributed by atoms with Gasteiger partial charge in [0.05, 0.1) is 12.1 Å². The average Bonchev–Trinajstić information content (AvgIpc) is 2.70. The number of amides is 1. The van der Waals surface area contributed by atoms with Crippen LogP contribution in [0.3, 0.4) is 0 Å². The molecule has 1 aromatic heterocycles. The normalized spacial score (nSPS) is 10.5. The van der Waals surface area contributed by atoms with Gasteiger partial charge in [-0.2, -0.15) is 5.10 Å². The minimum absolute atomic E-state index is 0.0942. The Hall–Kier alpha value is -2.10. The molecule has 0 spiro atoms. The molecule has 0 fully saturated rings. The SMILES string of the molecule is CCN(C(=O)Cc1cc(C)nn1C)c1ccccc1. The van der Waals surface area contributed by atoms with Crippen LogP contribution in [-0.2, 0) is 18.3 Å². The molecule has 4 nitrogen and oxygen atoms in total. The second kappa shape index (κ2) is 5.69. The lowest BCUT2D eigenvalue weighted by Gasteiger charge is -2.21. The van der Waals surface area contributed by atoms with Crippen molar-refractivity contribution < 1.29 is 4.79 Å². The first-order valence-corrected chi connectivity index (χ1v) is 6.46. The number of benzene rings is 1. The van der Waals surface area contributed by atoms with Crippen molar-refractivity contribution in [2.24, 2.45) is 7.05 Å². The molecule has 0 N–H and O–H groups in total. The second-order valence-corrected chi connectivity index (χ2v) is 4.55. The Morgan fingerprint density at radius 1 is 1.32 bits per heavy atom. The fourth-order valence-corrected chi connectivity index (χ4v) is 2.19. The van der Waals surface area contributed by atoms with Gasteiger partial charge in [-0.3, -0.25) is 9.48 Å². The van der Waals surface area contributed by atoms with Gasteiger partial charge in [-0.25, -0.2) is 0 Å². The molecule has 0 aliphatic heterocycles. The van der Waals surface area contributed by atoms with Gasteiger partial charge in [0.15, 0.2) is 0 Å². The Kier molecular flexibility index (Phi) is 4.00. The van der Waals surface area contributed by atoms with Crippen molar-refractivity contribution in [1.82, 2.24) is 9.78 Å². The first kappa shape index (κ1) is 13.3. The molecule has 0 radical (unpaired) electrons. The van der Waals surface area contributed by atoms with E-state index in [4.69, 9.17) is 0 Å². The Morgan fingerprint density at radius 3 is 2.53 bits per heavy atom. The minimum Gasteiger partial charge on any atom is -0.312 e. The third-order valence-electron chi connectivity index (χ3n) is 3.12. The van der Waals surface area contributed by atoms with Crippen molar-refractivity contribution in [3.63, 3.8) is 0 Å². The lowest BCUT2D eigenvalue weighted by molar-refractivity contribution is -0.118. The van der Waals surface area contributed by atoms with E-state index in [1.807, 2.05) is 57.3 Å². The highest BCUT2D eigenvalue weighted by molar-refractivity contribution is 5.94. The van der Waals surface area contributed by atoms with E-state index in [0.29, 0.717) is 13.0 Å². The standard InChI is InChI=1S/C15H19N3O/c1-4-18(13-8-6-5-7-9-13)15(19)11-14-10-12(2)16-17(14)3/h5-10H,4,11H2,1-3H3. The summed E-state index contributed by atoms with van der Waals surface area (Å²) in [6.45, 7) is 4.59. The van der Waals surface area contributed by atoms with Gasteiger partial charge in [-0.05, 0) is 32.0 Å². The number of nitrogens with zero attached hydrogens (tertiary/aromatic N) is 3. The van der Waals surface area contributed by atoms with Crippen LogP contribution in [-0.4, -0.2) is 22.2 Å². The maximum atomic E-state index is 12.4. The lowest BCUT2D eigenvalue weighted by atomic mass is 10.2. The van der Waals surface area contributed by atoms with E-state index in [1.165, 1.54) is 0 Å². The van der Waals surface area contributed by atoms with E-state index in [0.717, 1.165) is 17.1 Å². The van der Waals surface area contributed by atoms with E-state index < -0.39 is 0 Å². The van der Waals surface area contributed by atoms with Gasteiger partial charge in [0, 0.05) is 25.0 Å². The smallest absolute Gasteiger partial charge is 0.232 e. The predicted octanol–water partition coefficient (Wildman–Crippen LogP) is 2.32. The summed E-state index contributed by atoms with van der Waals surface area (Å²) in [5, 5.41) is 4.27. The van der Waals surface area contributed by atoms with Crippen LogP contribution in [0.15, 0.2) is 36.4 Å². The first-order chi connectivity index (χ1) is 9.11. The van der Waals surface area contributed by atoms with Crippen molar-refractivity contribution in [1.29, 1.82) is 0 Å². The zero-order chi connectivity index (χ0) is 13.8. The molecule has 0 aliphatic rings. The van der Waals surface area contributed by atoms with Gasteiger partial charge in [0.1, 0.15) is 0 Å². The summed E-state index contributed by atoms with van der Waals surface area (Å²) in [4.78, 5) is 14.2. The molecule has 1 heterocycles. The van der Waals surface area contributed by atoms with Crippen molar-refractivity contribution in [2.45, 2.75) is 20.3 Å². The molecule has 2 rings (SSSR count). The molecule has 100 valence electrons. The van der Waals surface area contributed by atoms with Gasteiger partial charge in [-0.15, -0.1) is 0 Å². The van der Waals surface area contributed by atoms with Crippen LogP contribution >= 0.6 is 0 Å². The van der Waals surface area contributed by atoms with Crippen molar-refractivity contribution in [3.05, 3.63) is 47.8 Å². The van der Waals surface area contributed by atoms with Crippen molar-refractivity contribution in [3.8, 4) is 0 Å². The van der Waals surface area contributed by atoms with Crippen LogP contribution in [0.25, 0.3) is 0 Å². The number of hydrogen-bond acceptors (Lipinski definition) is 2. The fourth-order valence-electron chi connectivity index (χ4n) is 2.19. The predicted molar refractivity (Wildman–Crippen MR) is 76.1 cm³/mol. The highest BCUT2D eigenvalue weighted by Gasteiger charge is 2.16. The minimum atomic E-state index is 0.0942. The summed E-state index contributed by atoms with van der Waals surface area (Å²) in [6, 6.07) is 11.7. The van der Waals surface area contributed by atoms with Crippen LogP contribution in [0.4, 0.5) is 5.69 Å². The molecule has 1 amide bonds. The first-order valence-electron chi connectivity index (χ1n) is 6.46. The molecule has 2 aromatic rings. The number of hydrogen-bond donors (Lipinski definition) is 0.